The van der Waals surface area contributed by atoms with Crippen LogP contribution in [0.15, 0.2) is 46.9 Å². The van der Waals surface area contributed by atoms with E-state index in [0.29, 0.717) is 13.0 Å². The van der Waals surface area contributed by atoms with Crippen LogP contribution in [0.3, 0.4) is 0 Å². The van der Waals surface area contributed by atoms with Crippen LogP contribution >= 0.6 is 15.9 Å². The Kier molecular flexibility index (Phi) is 4.80. The first-order valence-electron chi connectivity index (χ1n) is 8.97. The molecule has 8 heteroatoms. The maximum Gasteiger partial charge on any atom is 0.410 e. The molecule has 1 atom stereocenters. The molecule has 1 amide bonds. The van der Waals surface area contributed by atoms with Crippen molar-refractivity contribution < 1.29 is 14.5 Å². The van der Waals surface area contributed by atoms with Crippen molar-refractivity contribution >= 4 is 38.6 Å². The number of ether oxygens (including phenoxy) is 1. The van der Waals surface area contributed by atoms with Gasteiger partial charge in [-0.2, -0.15) is 0 Å². The average molecular weight is 444 g/mol. The summed E-state index contributed by atoms with van der Waals surface area (Å²) >= 11 is 3.52. The average Bonchev–Trinajstić information content (AvgIpc) is 3.05. The fraction of sp³-hybridized carbons (Fsp3) is 0.250. The number of hydrogen-bond acceptors (Lipinski definition) is 4. The molecule has 0 bridgehead atoms. The first kappa shape index (κ1) is 18.5. The molecule has 28 heavy (non-hydrogen) atoms. The molecule has 0 aliphatic carbocycles. The van der Waals surface area contributed by atoms with Crippen LogP contribution in [0.4, 0.5) is 10.5 Å². The number of halogens is 1. The molecule has 4 rings (SSSR count). The summed E-state index contributed by atoms with van der Waals surface area (Å²) in [6, 6.07) is 12.0. The predicted molar refractivity (Wildman–Crippen MR) is 108 cm³/mol. The number of rotatable bonds is 3. The van der Waals surface area contributed by atoms with Gasteiger partial charge >= 0.3 is 6.09 Å². The van der Waals surface area contributed by atoms with Gasteiger partial charge in [0.05, 0.1) is 11.5 Å². The van der Waals surface area contributed by atoms with Crippen LogP contribution < -0.4 is 0 Å². The lowest BCUT2D eigenvalue weighted by Crippen LogP contribution is -2.40. The molecule has 0 radical (unpaired) electrons. The second kappa shape index (κ2) is 7.27. The summed E-state index contributed by atoms with van der Waals surface area (Å²) in [7, 11) is 0. The second-order valence-electron chi connectivity index (χ2n) is 6.60. The van der Waals surface area contributed by atoms with Crippen LogP contribution in [0.1, 0.15) is 29.8 Å². The Morgan fingerprint density at radius 2 is 2.07 bits per heavy atom. The van der Waals surface area contributed by atoms with Crippen molar-refractivity contribution in [1.29, 1.82) is 0 Å². The van der Waals surface area contributed by atoms with Gasteiger partial charge in [0, 0.05) is 39.7 Å². The van der Waals surface area contributed by atoms with E-state index in [-0.39, 0.29) is 12.3 Å². The number of nitro benzene ring substituents is 1. The molecule has 0 fully saturated rings. The Hall–Kier alpha value is -2.87. The molecule has 2 aromatic carbocycles. The van der Waals surface area contributed by atoms with E-state index in [1.165, 1.54) is 12.1 Å². The number of amides is 1. The first-order valence-corrected chi connectivity index (χ1v) is 9.76. The number of nitrogens with one attached hydrogen (secondary N) is 1. The number of nitrogens with zero attached hydrogens (tertiary/aromatic N) is 2. The lowest BCUT2D eigenvalue weighted by atomic mass is 9.92. The van der Waals surface area contributed by atoms with Crippen LogP contribution in [0, 0.1) is 10.1 Å². The molecule has 0 saturated carbocycles. The van der Waals surface area contributed by atoms with Gasteiger partial charge < -0.3 is 9.72 Å². The van der Waals surface area contributed by atoms with Crippen LogP contribution in [0.5, 0.6) is 0 Å². The van der Waals surface area contributed by atoms with Gasteiger partial charge in [0.1, 0.15) is 6.04 Å². The van der Waals surface area contributed by atoms with Crippen molar-refractivity contribution in [2.45, 2.75) is 19.4 Å². The van der Waals surface area contributed by atoms with Gasteiger partial charge in [0.25, 0.3) is 5.69 Å². The topological polar surface area (TPSA) is 88.5 Å². The second-order valence-corrected chi connectivity index (χ2v) is 7.52. The predicted octanol–water partition coefficient (Wildman–Crippen LogP) is 4.94. The van der Waals surface area contributed by atoms with Gasteiger partial charge in [-0.15, -0.1) is 0 Å². The van der Waals surface area contributed by atoms with Gasteiger partial charge in [-0.1, -0.05) is 15.9 Å². The molecule has 1 aromatic heterocycles. The minimum Gasteiger partial charge on any atom is -0.450 e. The number of carbonyl (C=O) groups is 1. The molecule has 2 heterocycles. The summed E-state index contributed by atoms with van der Waals surface area (Å²) in [6.07, 6.45) is 0.310. The van der Waals surface area contributed by atoms with Crippen molar-refractivity contribution in [3.05, 3.63) is 73.9 Å². The highest BCUT2D eigenvalue weighted by Crippen LogP contribution is 2.39. The SMILES string of the molecule is CCOC(=O)N1CCc2c([nH]c3ccc(Br)cc23)C1c1ccc([N+](=O)[O-])cc1. The zero-order valence-electron chi connectivity index (χ0n) is 15.1. The molecule has 7 nitrogen and oxygen atoms in total. The van der Waals surface area contributed by atoms with E-state index in [4.69, 9.17) is 4.74 Å². The van der Waals surface area contributed by atoms with Crippen LogP contribution in [-0.4, -0.2) is 34.1 Å². The third-order valence-corrected chi connectivity index (χ3v) is 5.50. The number of H-pyrrole nitrogens is 1. The van der Waals surface area contributed by atoms with E-state index in [0.717, 1.165) is 32.2 Å². The van der Waals surface area contributed by atoms with Crippen molar-refractivity contribution in [3.8, 4) is 0 Å². The van der Waals surface area contributed by atoms with E-state index in [1.807, 2.05) is 12.1 Å². The lowest BCUT2D eigenvalue weighted by Gasteiger charge is -2.35. The van der Waals surface area contributed by atoms with Crippen molar-refractivity contribution in [1.82, 2.24) is 9.88 Å². The van der Waals surface area contributed by atoms with Crippen molar-refractivity contribution in [2.24, 2.45) is 0 Å². The third-order valence-electron chi connectivity index (χ3n) is 5.01. The molecule has 0 spiro atoms. The molecule has 144 valence electrons. The zero-order chi connectivity index (χ0) is 19.8. The molecule has 1 unspecified atom stereocenters. The van der Waals surface area contributed by atoms with Gasteiger partial charge in [0.15, 0.2) is 0 Å². The Bertz CT molecular complexity index is 1060. The minimum absolute atomic E-state index is 0.0167. The highest BCUT2D eigenvalue weighted by atomic mass is 79.9. The monoisotopic (exact) mass is 443 g/mol. The fourth-order valence-corrected chi connectivity index (χ4v) is 4.15. The number of non-ortho nitro benzene ring substituents is 1. The number of aromatic nitrogens is 1. The Morgan fingerprint density at radius 3 is 2.75 bits per heavy atom. The molecular formula is C20H18BrN3O4. The molecule has 3 aromatic rings. The van der Waals surface area contributed by atoms with Crippen molar-refractivity contribution in [3.63, 3.8) is 0 Å². The third kappa shape index (κ3) is 3.13. The Balaban J connectivity index is 1.86. The number of benzene rings is 2. The molecular weight excluding hydrogens is 426 g/mol. The van der Waals surface area contributed by atoms with Crippen LogP contribution in [0.25, 0.3) is 10.9 Å². The maximum atomic E-state index is 12.6. The van der Waals surface area contributed by atoms with Crippen molar-refractivity contribution in [2.75, 3.05) is 13.2 Å². The highest BCUT2D eigenvalue weighted by Gasteiger charge is 2.35. The van der Waals surface area contributed by atoms with E-state index < -0.39 is 17.1 Å². The summed E-state index contributed by atoms with van der Waals surface area (Å²) < 4.78 is 6.25. The summed E-state index contributed by atoms with van der Waals surface area (Å²) in [5, 5.41) is 12.1. The Labute approximate surface area is 169 Å². The summed E-state index contributed by atoms with van der Waals surface area (Å²) in [5.41, 5.74) is 3.88. The van der Waals surface area contributed by atoms with Gasteiger partial charge in [-0.05, 0) is 54.8 Å². The first-order chi connectivity index (χ1) is 13.5. The quantitative estimate of drug-likeness (QED) is 0.458. The van der Waals surface area contributed by atoms with E-state index in [9.17, 15) is 14.9 Å². The number of nitro groups is 1. The van der Waals surface area contributed by atoms with Gasteiger partial charge in [0.2, 0.25) is 0 Å². The van der Waals surface area contributed by atoms with Crippen LogP contribution in [-0.2, 0) is 11.2 Å². The largest absolute Gasteiger partial charge is 0.450 e. The van der Waals surface area contributed by atoms with E-state index in [2.05, 4.69) is 27.0 Å². The van der Waals surface area contributed by atoms with Gasteiger partial charge in [-0.25, -0.2) is 4.79 Å². The lowest BCUT2D eigenvalue weighted by molar-refractivity contribution is -0.384. The summed E-state index contributed by atoms with van der Waals surface area (Å²) in [5.74, 6) is 0. The highest BCUT2D eigenvalue weighted by molar-refractivity contribution is 9.10. The van der Waals surface area contributed by atoms with E-state index >= 15 is 0 Å². The fourth-order valence-electron chi connectivity index (χ4n) is 3.79. The number of aromatic amines is 1. The maximum absolute atomic E-state index is 12.6. The normalized spacial score (nSPS) is 16.1. The molecule has 1 N–H and O–H groups in total. The molecule has 0 saturated heterocycles. The summed E-state index contributed by atoms with van der Waals surface area (Å²) in [4.78, 5) is 28.3. The van der Waals surface area contributed by atoms with E-state index in [1.54, 1.807) is 24.0 Å². The summed E-state index contributed by atoms with van der Waals surface area (Å²) in [6.45, 7) is 2.57. The van der Waals surface area contributed by atoms with Gasteiger partial charge in [-0.3, -0.25) is 15.0 Å². The number of fused-ring (bicyclic) bond motifs is 3. The zero-order valence-corrected chi connectivity index (χ0v) is 16.7. The standard InChI is InChI=1S/C20H18BrN3O4/c1-2-28-20(25)23-10-9-15-16-11-13(21)5-8-17(16)22-18(15)19(23)12-3-6-14(7-4-12)24(26)27/h3-8,11,19,22H,2,9-10H2,1H3. The van der Waals surface area contributed by atoms with Crippen LogP contribution in [0.2, 0.25) is 0 Å². The number of hydrogen-bond donors (Lipinski definition) is 1. The molecule has 1 aliphatic rings. The smallest absolute Gasteiger partial charge is 0.410 e. The number of carbonyl (C=O) groups excluding carboxylic acids is 1. The molecule has 1 aliphatic heterocycles. The Morgan fingerprint density at radius 1 is 1.32 bits per heavy atom. The minimum atomic E-state index is -0.431.